The second kappa shape index (κ2) is 7.56. The number of nitrogens with one attached hydrogen (secondary N) is 1. The topological polar surface area (TPSA) is 82.5 Å². The Labute approximate surface area is 132 Å². The molecule has 0 saturated carbocycles. The van der Waals surface area contributed by atoms with Crippen molar-refractivity contribution in [3.05, 3.63) is 41.4 Å². The van der Waals surface area contributed by atoms with Crippen LogP contribution in [0, 0.1) is 0 Å². The molecule has 1 aromatic carbocycles. The van der Waals surface area contributed by atoms with Crippen molar-refractivity contribution < 1.29 is 14.7 Å². The molecule has 0 atom stereocenters. The first-order valence-corrected chi connectivity index (χ1v) is 7.75. The molecule has 1 heterocycles. The molecule has 0 saturated heterocycles. The highest BCUT2D eigenvalue weighted by molar-refractivity contribution is 7.13. The monoisotopic (exact) mass is 319 g/mol. The molecule has 2 aromatic rings. The average Bonchev–Trinajstić information content (AvgIpc) is 3.00. The van der Waals surface area contributed by atoms with Crippen LogP contribution in [-0.2, 0) is 4.79 Å². The Morgan fingerprint density at radius 3 is 2.86 bits per heavy atom. The molecule has 1 aromatic heterocycles. The summed E-state index contributed by atoms with van der Waals surface area (Å²) in [5.74, 6) is -1.09. The lowest BCUT2D eigenvalue weighted by Crippen LogP contribution is -2.32. The van der Waals surface area contributed by atoms with Crippen LogP contribution in [0.4, 0.5) is 10.8 Å². The molecule has 6 nitrogen and oxygen atoms in total. The molecular weight excluding hydrogens is 302 g/mol. The quantitative estimate of drug-likeness (QED) is 0.820. The van der Waals surface area contributed by atoms with Crippen LogP contribution in [0.1, 0.15) is 23.7 Å². The van der Waals surface area contributed by atoms with E-state index in [9.17, 15) is 9.59 Å². The number of carbonyl (C=O) groups excluding carboxylic acids is 1. The number of thiazole rings is 1. The van der Waals surface area contributed by atoms with Crippen molar-refractivity contribution in [1.82, 2.24) is 9.88 Å². The molecular formula is C15H17N3O3S. The highest BCUT2D eigenvalue weighted by Gasteiger charge is 2.15. The molecule has 0 bridgehead atoms. The van der Waals surface area contributed by atoms with Crippen molar-refractivity contribution in [2.45, 2.75) is 13.3 Å². The largest absolute Gasteiger partial charge is 0.481 e. The Hall–Kier alpha value is -2.41. The molecule has 2 N–H and O–H groups in total. The van der Waals surface area contributed by atoms with Crippen LogP contribution in [0.25, 0.3) is 0 Å². The summed E-state index contributed by atoms with van der Waals surface area (Å²) in [6.07, 6.45) is 1.64. The SMILES string of the molecule is CCN(CCC(=O)O)C(=O)c1cccc(Nc2nccs2)c1. The van der Waals surface area contributed by atoms with Gasteiger partial charge in [-0.2, -0.15) is 0 Å². The summed E-state index contributed by atoms with van der Waals surface area (Å²) in [6, 6.07) is 7.10. The fourth-order valence-electron chi connectivity index (χ4n) is 1.96. The number of aromatic nitrogens is 1. The van der Waals surface area contributed by atoms with Crippen molar-refractivity contribution in [2.75, 3.05) is 18.4 Å². The molecule has 0 aliphatic carbocycles. The van der Waals surface area contributed by atoms with Crippen molar-refractivity contribution in [3.8, 4) is 0 Å². The lowest BCUT2D eigenvalue weighted by molar-refractivity contribution is -0.137. The first kappa shape index (κ1) is 16.0. The molecule has 2 rings (SSSR count). The Kier molecular flexibility index (Phi) is 5.48. The molecule has 0 fully saturated rings. The standard InChI is InChI=1S/C15H17N3O3S/c1-2-18(8-6-13(19)20)14(21)11-4-3-5-12(10-11)17-15-16-7-9-22-15/h3-5,7,9-10H,2,6,8H2,1H3,(H,16,17)(H,19,20). The number of nitrogens with zero attached hydrogens (tertiary/aromatic N) is 2. The van der Waals surface area contributed by atoms with Gasteiger partial charge in [0.25, 0.3) is 5.91 Å². The highest BCUT2D eigenvalue weighted by atomic mass is 32.1. The van der Waals surface area contributed by atoms with Crippen LogP contribution in [0.2, 0.25) is 0 Å². The van der Waals surface area contributed by atoms with E-state index in [1.54, 1.807) is 24.4 Å². The zero-order valence-electron chi connectivity index (χ0n) is 12.2. The van der Waals surface area contributed by atoms with Gasteiger partial charge in [0.2, 0.25) is 0 Å². The van der Waals surface area contributed by atoms with Crippen LogP contribution in [0.15, 0.2) is 35.8 Å². The average molecular weight is 319 g/mol. The number of amides is 1. The third-order valence-electron chi connectivity index (χ3n) is 3.06. The number of hydrogen-bond acceptors (Lipinski definition) is 5. The van der Waals surface area contributed by atoms with Gasteiger partial charge in [0.1, 0.15) is 0 Å². The molecule has 1 amide bonds. The summed E-state index contributed by atoms with van der Waals surface area (Å²) in [4.78, 5) is 28.7. The number of benzene rings is 1. The van der Waals surface area contributed by atoms with Gasteiger partial charge in [-0.1, -0.05) is 6.07 Å². The van der Waals surface area contributed by atoms with E-state index in [0.29, 0.717) is 12.1 Å². The molecule has 0 aliphatic heterocycles. The summed E-state index contributed by atoms with van der Waals surface area (Å²) in [7, 11) is 0. The van der Waals surface area contributed by atoms with Crippen LogP contribution in [0.3, 0.4) is 0 Å². The van der Waals surface area contributed by atoms with E-state index in [4.69, 9.17) is 5.11 Å². The van der Waals surface area contributed by atoms with E-state index >= 15 is 0 Å². The maximum absolute atomic E-state index is 12.4. The number of carboxylic acid groups (broad SMARTS) is 1. The summed E-state index contributed by atoms with van der Waals surface area (Å²) >= 11 is 1.47. The van der Waals surface area contributed by atoms with Gasteiger partial charge in [0, 0.05) is 35.9 Å². The normalized spacial score (nSPS) is 10.2. The molecule has 0 spiro atoms. The number of rotatable bonds is 7. The van der Waals surface area contributed by atoms with Gasteiger partial charge in [0.05, 0.1) is 6.42 Å². The number of anilines is 2. The van der Waals surface area contributed by atoms with E-state index < -0.39 is 5.97 Å². The van der Waals surface area contributed by atoms with Crippen LogP contribution in [-0.4, -0.2) is 40.0 Å². The fraction of sp³-hybridized carbons (Fsp3) is 0.267. The summed E-state index contributed by atoms with van der Waals surface area (Å²) in [5, 5.41) is 14.5. The number of carboxylic acids is 1. The Morgan fingerprint density at radius 1 is 1.41 bits per heavy atom. The van der Waals surface area contributed by atoms with Gasteiger partial charge in [0.15, 0.2) is 5.13 Å². The van der Waals surface area contributed by atoms with E-state index in [-0.39, 0.29) is 18.9 Å². The zero-order valence-corrected chi connectivity index (χ0v) is 13.0. The highest BCUT2D eigenvalue weighted by Crippen LogP contribution is 2.20. The first-order valence-electron chi connectivity index (χ1n) is 6.87. The molecule has 22 heavy (non-hydrogen) atoms. The van der Waals surface area contributed by atoms with Crippen LogP contribution < -0.4 is 5.32 Å². The van der Waals surface area contributed by atoms with Crippen molar-refractivity contribution in [3.63, 3.8) is 0 Å². The minimum atomic E-state index is -0.912. The molecule has 0 aliphatic rings. The Balaban J connectivity index is 2.09. The van der Waals surface area contributed by atoms with Crippen LogP contribution >= 0.6 is 11.3 Å². The fourth-order valence-corrected chi connectivity index (χ4v) is 2.50. The number of hydrogen-bond donors (Lipinski definition) is 2. The third-order valence-corrected chi connectivity index (χ3v) is 3.75. The minimum absolute atomic E-state index is 0.0589. The Bertz CT molecular complexity index is 643. The summed E-state index contributed by atoms with van der Waals surface area (Å²) < 4.78 is 0. The van der Waals surface area contributed by atoms with E-state index in [1.165, 1.54) is 16.2 Å². The predicted octanol–water partition coefficient (Wildman–Crippen LogP) is 2.82. The lowest BCUT2D eigenvalue weighted by atomic mass is 10.1. The maximum atomic E-state index is 12.4. The molecule has 0 radical (unpaired) electrons. The molecule has 116 valence electrons. The van der Waals surface area contributed by atoms with Crippen molar-refractivity contribution >= 4 is 34.0 Å². The number of aliphatic carboxylic acids is 1. The van der Waals surface area contributed by atoms with E-state index in [2.05, 4.69) is 10.3 Å². The van der Waals surface area contributed by atoms with E-state index in [0.717, 1.165) is 10.8 Å². The number of carbonyl (C=O) groups is 2. The van der Waals surface area contributed by atoms with Gasteiger partial charge in [-0.05, 0) is 25.1 Å². The van der Waals surface area contributed by atoms with Gasteiger partial charge >= 0.3 is 5.97 Å². The van der Waals surface area contributed by atoms with Gasteiger partial charge in [-0.15, -0.1) is 11.3 Å². The summed E-state index contributed by atoms with van der Waals surface area (Å²) in [6.45, 7) is 2.50. The second-order valence-corrected chi connectivity index (χ2v) is 5.47. The molecule has 0 unspecified atom stereocenters. The minimum Gasteiger partial charge on any atom is -0.481 e. The van der Waals surface area contributed by atoms with Gasteiger partial charge in [-0.3, -0.25) is 9.59 Å². The second-order valence-electron chi connectivity index (χ2n) is 4.57. The maximum Gasteiger partial charge on any atom is 0.305 e. The predicted molar refractivity (Wildman–Crippen MR) is 85.7 cm³/mol. The van der Waals surface area contributed by atoms with Crippen LogP contribution in [0.5, 0.6) is 0 Å². The first-order chi connectivity index (χ1) is 10.6. The van der Waals surface area contributed by atoms with Crippen molar-refractivity contribution in [2.24, 2.45) is 0 Å². The van der Waals surface area contributed by atoms with Gasteiger partial charge < -0.3 is 15.3 Å². The Morgan fingerprint density at radius 2 is 2.23 bits per heavy atom. The van der Waals surface area contributed by atoms with E-state index in [1.807, 2.05) is 18.4 Å². The smallest absolute Gasteiger partial charge is 0.305 e. The third kappa shape index (κ3) is 4.29. The zero-order chi connectivity index (χ0) is 15.9. The van der Waals surface area contributed by atoms with Crippen molar-refractivity contribution in [1.29, 1.82) is 0 Å². The molecule has 7 heteroatoms. The lowest BCUT2D eigenvalue weighted by Gasteiger charge is -2.20. The summed E-state index contributed by atoms with van der Waals surface area (Å²) in [5.41, 5.74) is 1.30. The van der Waals surface area contributed by atoms with Gasteiger partial charge in [-0.25, -0.2) is 4.98 Å².